The molecule has 0 saturated heterocycles. The quantitative estimate of drug-likeness (QED) is 0.843. The molecule has 1 atom stereocenters. The van der Waals surface area contributed by atoms with Crippen molar-refractivity contribution in [3.63, 3.8) is 0 Å². The Morgan fingerprint density at radius 2 is 2.05 bits per heavy atom. The van der Waals surface area contributed by atoms with Crippen LogP contribution in [0.5, 0.6) is 0 Å². The Labute approximate surface area is 119 Å². The lowest BCUT2D eigenvalue weighted by atomic mass is 9.83. The Bertz CT molecular complexity index is 481. The second-order valence-corrected chi connectivity index (χ2v) is 6.33. The van der Waals surface area contributed by atoms with Gasteiger partial charge in [-0.3, -0.25) is 4.79 Å². The first-order valence-corrected chi connectivity index (χ1v) is 7.66. The highest BCUT2D eigenvalue weighted by molar-refractivity contribution is 6.18. The SMILES string of the molecule is O=C(NCC1(CCl)CC1)C1CCc2ccccc2C1. The van der Waals surface area contributed by atoms with E-state index in [0.717, 1.165) is 38.6 Å². The van der Waals surface area contributed by atoms with E-state index in [0.29, 0.717) is 5.88 Å². The fourth-order valence-electron chi connectivity index (χ4n) is 2.87. The summed E-state index contributed by atoms with van der Waals surface area (Å²) in [7, 11) is 0. The van der Waals surface area contributed by atoms with Crippen molar-refractivity contribution in [1.82, 2.24) is 5.32 Å². The number of halogens is 1. The van der Waals surface area contributed by atoms with E-state index in [9.17, 15) is 4.79 Å². The molecule has 0 aromatic heterocycles. The topological polar surface area (TPSA) is 29.1 Å². The van der Waals surface area contributed by atoms with E-state index in [1.54, 1.807) is 0 Å². The normalized spacial score (nSPS) is 23.5. The third kappa shape index (κ3) is 2.79. The summed E-state index contributed by atoms with van der Waals surface area (Å²) in [5, 5.41) is 3.11. The zero-order valence-electron chi connectivity index (χ0n) is 11.1. The lowest BCUT2D eigenvalue weighted by Gasteiger charge is -2.24. The van der Waals surface area contributed by atoms with E-state index < -0.39 is 0 Å². The molecule has 102 valence electrons. The Kier molecular flexibility index (Phi) is 3.53. The zero-order chi connectivity index (χ0) is 13.3. The molecule has 0 aliphatic heterocycles. The van der Waals surface area contributed by atoms with Crippen molar-refractivity contribution in [3.05, 3.63) is 35.4 Å². The van der Waals surface area contributed by atoms with Crippen molar-refractivity contribution in [1.29, 1.82) is 0 Å². The summed E-state index contributed by atoms with van der Waals surface area (Å²) in [6.07, 6.45) is 5.19. The van der Waals surface area contributed by atoms with Gasteiger partial charge in [0.2, 0.25) is 5.91 Å². The minimum atomic E-state index is 0.140. The van der Waals surface area contributed by atoms with Gasteiger partial charge in [0, 0.05) is 23.8 Å². The largest absolute Gasteiger partial charge is 0.355 e. The minimum absolute atomic E-state index is 0.140. The smallest absolute Gasteiger partial charge is 0.223 e. The van der Waals surface area contributed by atoms with Crippen LogP contribution in [0.3, 0.4) is 0 Å². The molecule has 0 bridgehead atoms. The Hall–Kier alpha value is -1.02. The van der Waals surface area contributed by atoms with Crippen LogP contribution >= 0.6 is 11.6 Å². The number of hydrogen-bond donors (Lipinski definition) is 1. The summed E-state index contributed by atoms with van der Waals surface area (Å²) < 4.78 is 0. The van der Waals surface area contributed by atoms with Crippen molar-refractivity contribution < 1.29 is 4.79 Å². The third-order valence-electron chi connectivity index (χ3n) is 4.60. The molecular formula is C16H20ClNO. The third-order valence-corrected chi connectivity index (χ3v) is 5.16. The van der Waals surface area contributed by atoms with Gasteiger partial charge < -0.3 is 5.32 Å². The van der Waals surface area contributed by atoms with Gasteiger partial charge in [0.15, 0.2) is 0 Å². The van der Waals surface area contributed by atoms with Crippen LogP contribution in [0.25, 0.3) is 0 Å². The van der Waals surface area contributed by atoms with Crippen LogP contribution in [0.2, 0.25) is 0 Å². The summed E-state index contributed by atoms with van der Waals surface area (Å²) >= 11 is 5.94. The number of benzene rings is 1. The molecular weight excluding hydrogens is 258 g/mol. The molecule has 3 rings (SSSR count). The maximum atomic E-state index is 12.2. The van der Waals surface area contributed by atoms with Gasteiger partial charge in [-0.15, -0.1) is 11.6 Å². The molecule has 1 aromatic carbocycles. The van der Waals surface area contributed by atoms with Crippen LogP contribution in [0.15, 0.2) is 24.3 Å². The number of aryl methyl sites for hydroxylation is 1. The van der Waals surface area contributed by atoms with E-state index in [-0.39, 0.29) is 17.2 Å². The predicted molar refractivity (Wildman–Crippen MR) is 77.4 cm³/mol. The number of fused-ring (bicyclic) bond motifs is 1. The fourth-order valence-corrected chi connectivity index (χ4v) is 3.24. The molecule has 1 unspecified atom stereocenters. The standard InChI is InChI=1S/C16H20ClNO/c17-10-16(7-8-16)11-18-15(19)14-6-5-12-3-1-2-4-13(12)9-14/h1-4,14H,5-11H2,(H,18,19). The summed E-state index contributed by atoms with van der Waals surface area (Å²) in [4.78, 5) is 12.2. The first-order chi connectivity index (χ1) is 9.22. The molecule has 2 nitrogen and oxygen atoms in total. The van der Waals surface area contributed by atoms with E-state index in [1.807, 2.05) is 0 Å². The molecule has 2 aliphatic rings. The molecule has 1 saturated carbocycles. The Morgan fingerprint density at radius 1 is 1.32 bits per heavy atom. The summed E-state index contributed by atoms with van der Waals surface area (Å²) in [5.41, 5.74) is 2.96. The van der Waals surface area contributed by atoms with Crippen LogP contribution in [-0.4, -0.2) is 18.3 Å². The monoisotopic (exact) mass is 277 g/mol. The molecule has 0 radical (unpaired) electrons. The van der Waals surface area contributed by atoms with Gasteiger partial charge in [0.25, 0.3) is 0 Å². The zero-order valence-corrected chi connectivity index (χ0v) is 11.9. The highest BCUT2D eigenvalue weighted by Crippen LogP contribution is 2.45. The average molecular weight is 278 g/mol. The lowest BCUT2D eigenvalue weighted by molar-refractivity contribution is -0.125. The lowest BCUT2D eigenvalue weighted by Crippen LogP contribution is -2.37. The number of nitrogens with one attached hydrogen (secondary N) is 1. The van der Waals surface area contributed by atoms with Crippen LogP contribution in [0, 0.1) is 11.3 Å². The molecule has 1 aromatic rings. The molecule has 1 N–H and O–H groups in total. The van der Waals surface area contributed by atoms with E-state index in [1.165, 1.54) is 11.1 Å². The summed E-state index contributed by atoms with van der Waals surface area (Å²) in [6, 6.07) is 8.47. The van der Waals surface area contributed by atoms with Gasteiger partial charge in [0.1, 0.15) is 0 Å². The molecule has 3 heteroatoms. The number of carbonyl (C=O) groups excluding carboxylic acids is 1. The predicted octanol–water partition coefficient (Wildman–Crippen LogP) is 2.93. The summed E-state index contributed by atoms with van der Waals surface area (Å²) in [6.45, 7) is 0.757. The molecule has 19 heavy (non-hydrogen) atoms. The van der Waals surface area contributed by atoms with Crippen molar-refractivity contribution in [3.8, 4) is 0 Å². The highest BCUT2D eigenvalue weighted by atomic mass is 35.5. The number of hydrogen-bond acceptors (Lipinski definition) is 1. The number of carbonyl (C=O) groups is 1. The van der Waals surface area contributed by atoms with Crippen molar-refractivity contribution in [2.75, 3.05) is 12.4 Å². The van der Waals surface area contributed by atoms with E-state index >= 15 is 0 Å². The van der Waals surface area contributed by atoms with Gasteiger partial charge in [-0.05, 0) is 43.2 Å². The molecule has 0 heterocycles. The fraction of sp³-hybridized carbons (Fsp3) is 0.562. The number of alkyl halides is 1. The molecule has 0 spiro atoms. The number of rotatable bonds is 4. The molecule has 2 aliphatic carbocycles. The molecule has 1 amide bonds. The summed E-state index contributed by atoms with van der Waals surface area (Å²) in [5.74, 6) is 1.02. The Balaban J connectivity index is 1.57. The van der Waals surface area contributed by atoms with Gasteiger partial charge >= 0.3 is 0 Å². The van der Waals surface area contributed by atoms with Gasteiger partial charge in [-0.1, -0.05) is 24.3 Å². The maximum Gasteiger partial charge on any atom is 0.223 e. The van der Waals surface area contributed by atoms with Gasteiger partial charge in [0.05, 0.1) is 0 Å². The van der Waals surface area contributed by atoms with Crippen LogP contribution in [-0.2, 0) is 17.6 Å². The second kappa shape index (κ2) is 5.16. The van der Waals surface area contributed by atoms with Crippen LogP contribution in [0.4, 0.5) is 0 Å². The van der Waals surface area contributed by atoms with Crippen LogP contribution in [0.1, 0.15) is 30.4 Å². The minimum Gasteiger partial charge on any atom is -0.355 e. The van der Waals surface area contributed by atoms with Crippen molar-refractivity contribution in [2.45, 2.75) is 32.1 Å². The van der Waals surface area contributed by atoms with Crippen molar-refractivity contribution in [2.24, 2.45) is 11.3 Å². The Morgan fingerprint density at radius 3 is 2.74 bits per heavy atom. The van der Waals surface area contributed by atoms with E-state index in [2.05, 4.69) is 29.6 Å². The first kappa shape index (κ1) is 13.0. The average Bonchev–Trinajstić information content (AvgIpc) is 3.25. The maximum absolute atomic E-state index is 12.2. The second-order valence-electron chi connectivity index (χ2n) is 6.06. The van der Waals surface area contributed by atoms with Gasteiger partial charge in [-0.2, -0.15) is 0 Å². The van der Waals surface area contributed by atoms with Crippen molar-refractivity contribution >= 4 is 17.5 Å². The highest BCUT2D eigenvalue weighted by Gasteiger charge is 2.42. The molecule has 1 fully saturated rings. The van der Waals surface area contributed by atoms with Crippen LogP contribution < -0.4 is 5.32 Å². The first-order valence-electron chi connectivity index (χ1n) is 7.13. The van der Waals surface area contributed by atoms with E-state index in [4.69, 9.17) is 11.6 Å². The number of amides is 1. The van der Waals surface area contributed by atoms with Gasteiger partial charge in [-0.25, -0.2) is 0 Å².